The summed E-state index contributed by atoms with van der Waals surface area (Å²) in [5, 5.41) is 12.0. The van der Waals surface area contributed by atoms with Crippen molar-refractivity contribution in [3.63, 3.8) is 0 Å². The lowest BCUT2D eigenvalue weighted by Crippen LogP contribution is -2.37. The van der Waals surface area contributed by atoms with Gasteiger partial charge in [-0.1, -0.05) is 12.1 Å². The highest BCUT2D eigenvalue weighted by molar-refractivity contribution is 5.91. The van der Waals surface area contributed by atoms with E-state index >= 15 is 0 Å². The molecule has 0 aromatic rings. The number of carbonyl (C=O) groups is 1. The number of ether oxygens (including phenoxy) is 1. The van der Waals surface area contributed by atoms with Crippen LogP contribution in [0.5, 0.6) is 0 Å². The normalized spacial score (nSPS) is 35.6. The van der Waals surface area contributed by atoms with E-state index in [1.165, 1.54) is 7.11 Å². The molecule has 1 N–H and O–H groups in total. The molecule has 0 aliphatic heterocycles. The van der Waals surface area contributed by atoms with E-state index in [-0.39, 0.29) is 5.97 Å². The number of rotatable bonds is 1. The van der Waals surface area contributed by atoms with Crippen LogP contribution in [0.2, 0.25) is 0 Å². The third-order valence-electron chi connectivity index (χ3n) is 2.80. The Balaban J connectivity index is 2.83. The van der Waals surface area contributed by atoms with Crippen LogP contribution in [0.15, 0.2) is 5.16 Å². The lowest BCUT2D eigenvalue weighted by atomic mass is 9.70. The Morgan fingerprint density at radius 1 is 1.71 bits per heavy atom. The fourth-order valence-corrected chi connectivity index (χ4v) is 2.32. The first-order valence-electron chi connectivity index (χ1n) is 4.80. The summed E-state index contributed by atoms with van der Waals surface area (Å²) in [6.07, 6.45) is 2.06. The molecule has 14 heavy (non-hydrogen) atoms. The van der Waals surface area contributed by atoms with Gasteiger partial charge >= 0.3 is 5.97 Å². The van der Waals surface area contributed by atoms with Crippen LogP contribution < -0.4 is 0 Å². The second-order valence-corrected chi connectivity index (χ2v) is 4.41. The van der Waals surface area contributed by atoms with Crippen molar-refractivity contribution in [3.05, 3.63) is 0 Å². The molecule has 2 unspecified atom stereocenters. The maximum absolute atomic E-state index is 11.5. The van der Waals surface area contributed by atoms with Crippen molar-refractivity contribution in [2.24, 2.45) is 16.5 Å². The maximum atomic E-state index is 11.5. The van der Waals surface area contributed by atoms with Crippen LogP contribution in [0.4, 0.5) is 0 Å². The van der Waals surface area contributed by atoms with Gasteiger partial charge < -0.3 is 9.94 Å². The Morgan fingerprint density at radius 2 is 2.36 bits per heavy atom. The minimum absolute atomic E-state index is 0.217. The Morgan fingerprint density at radius 3 is 2.86 bits per heavy atom. The van der Waals surface area contributed by atoms with Crippen molar-refractivity contribution >= 4 is 11.7 Å². The van der Waals surface area contributed by atoms with E-state index in [9.17, 15) is 4.79 Å². The van der Waals surface area contributed by atoms with Gasteiger partial charge in [0, 0.05) is 6.42 Å². The monoisotopic (exact) mass is 199 g/mol. The van der Waals surface area contributed by atoms with Crippen LogP contribution >= 0.6 is 0 Å². The molecule has 0 heterocycles. The Kier molecular flexibility index (Phi) is 3.13. The van der Waals surface area contributed by atoms with Crippen LogP contribution in [0.1, 0.15) is 33.1 Å². The summed E-state index contributed by atoms with van der Waals surface area (Å²) in [5.74, 6) is 0.143. The summed E-state index contributed by atoms with van der Waals surface area (Å²) in [5.41, 5.74) is 0.171. The van der Waals surface area contributed by atoms with Crippen molar-refractivity contribution in [1.82, 2.24) is 0 Å². The molecule has 2 atom stereocenters. The van der Waals surface area contributed by atoms with E-state index in [4.69, 9.17) is 9.94 Å². The van der Waals surface area contributed by atoms with Crippen LogP contribution in [-0.4, -0.2) is 24.0 Å². The molecule has 0 aromatic heterocycles. The van der Waals surface area contributed by atoms with Gasteiger partial charge in [0.1, 0.15) is 0 Å². The summed E-state index contributed by atoms with van der Waals surface area (Å²) >= 11 is 0. The van der Waals surface area contributed by atoms with Gasteiger partial charge in [-0.3, -0.25) is 4.79 Å². The largest absolute Gasteiger partial charge is 0.469 e. The number of hydrogen-bond donors (Lipinski definition) is 1. The van der Waals surface area contributed by atoms with E-state index in [2.05, 4.69) is 5.16 Å². The van der Waals surface area contributed by atoms with E-state index in [0.717, 1.165) is 12.8 Å². The number of carbonyl (C=O) groups excluding carboxylic acids is 1. The fourth-order valence-electron chi connectivity index (χ4n) is 2.32. The minimum atomic E-state index is -0.520. The van der Waals surface area contributed by atoms with Gasteiger partial charge in [0.15, 0.2) is 0 Å². The van der Waals surface area contributed by atoms with Crippen LogP contribution in [0, 0.1) is 11.3 Å². The molecule has 1 fully saturated rings. The predicted molar refractivity (Wildman–Crippen MR) is 52.4 cm³/mol. The predicted octanol–water partition coefficient (Wildman–Crippen LogP) is 1.82. The van der Waals surface area contributed by atoms with E-state index in [1.807, 2.05) is 13.8 Å². The summed E-state index contributed by atoms with van der Waals surface area (Å²) in [6, 6.07) is 0. The molecule has 1 rings (SSSR count). The Bertz CT molecular complexity index is 262. The topological polar surface area (TPSA) is 58.9 Å². The third-order valence-corrected chi connectivity index (χ3v) is 2.80. The first kappa shape index (κ1) is 11.0. The highest BCUT2D eigenvalue weighted by atomic mass is 16.5. The van der Waals surface area contributed by atoms with Gasteiger partial charge in [-0.05, 0) is 25.7 Å². The summed E-state index contributed by atoms with van der Waals surface area (Å²) in [7, 11) is 1.39. The zero-order valence-electron chi connectivity index (χ0n) is 8.91. The first-order chi connectivity index (χ1) is 6.51. The van der Waals surface area contributed by atoms with Crippen molar-refractivity contribution in [2.75, 3.05) is 7.11 Å². The zero-order chi connectivity index (χ0) is 10.8. The second kappa shape index (κ2) is 3.98. The summed E-state index contributed by atoms with van der Waals surface area (Å²) in [4.78, 5) is 11.5. The lowest BCUT2D eigenvalue weighted by Gasteiger charge is -2.34. The molecule has 4 heteroatoms. The van der Waals surface area contributed by atoms with E-state index in [0.29, 0.717) is 18.1 Å². The fraction of sp³-hybridized carbons (Fsp3) is 0.800. The molecule has 1 aliphatic carbocycles. The van der Waals surface area contributed by atoms with Crippen molar-refractivity contribution in [2.45, 2.75) is 33.1 Å². The summed E-state index contributed by atoms with van der Waals surface area (Å²) < 4.78 is 4.76. The molecule has 0 radical (unpaired) electrons. The van der Waals surface area contributed by atoms with Crippen molar-refractivity contribution in [1.29, 1.82) is 0 Å². The average molecular weight is 199 g/mol. The molecule has 1 saturated carbocycles. The maximum Gasteiger partial charge on any atom is 0.311 e. The molecule has 0 amide bonds. The lowest BCUT2D eigenvalue weighted by molar-refractivity contribution is -0.152. The Labute approximate surface area is 83.9 Å². The highest BCUT2D eigenvalue weighted by Crippen LogP contribution is 2.38. The highest BCUT2D eigenvalue weighted by Gasteiger charge is 2.41. The molecule has 0 saturated heterocycles. The van der Waals surface area contributed by atoms with E-state index < -0.39 is 5.41 Å². The van der Waals surface area contributed by atoms with E-state index in [1.54, 1.807) is 0 Å². The number of esters is 1. The molecule has 1 aliphatic rings. The molecule has 0 aromatic carbocycles. The van der Waals surface area contributed by atoms with Crippen molar-refractivity contribution in [3.8, 4) is 0 Å². The minimum Gasteiger partial charge on any atom is -0.469 e. The molecule has 0 spiro atoms. The average Bonchev–Trinajstić information content (AvgIpc) is 2.15. The van der Waals surface area contributed by atoms with Crippen LogP contribution in [-0.2, 0) is 9.53 Å². The number of oxime groups is 1. The van der Waals surface area contributed by atoms with Crippen LogP contribution in [0.3, 0.4) is 0 Å². The summed E-state index contributed by atoms with van der Waals surface area (Å²) in [6.45, 7) is 3.91. The smallest absolute Gasteiger partial charge is 0.311 e. The van der Waals surface area contributed by atoms with Gasteiger partial charge in [0.2, 0.25) is 0 Å². The quantitative estimate of drug-likeness (QED) is 0.398. The molecule has 80 valence electrons. The van der Waals surface area contributed by atoms with Gasteiger partial charge in [-0.2, -0.15) is 0 Å². The SMILES string of the molecule is COC(=O)C1(C)C/C(=N\O)CC(C)C1. The van der Waals surface area contributed by atoms with Crippen LogP contribution in [0.25, 0.3) is 0 Å². The molecule has 0 bridgehead atoms. The first-order valence-corrected chi connectivity index (χ1v) is 4.80. The molecular formula is C10H17NO3. The van der Waals surface area contributed by atoms with Gasteiger partial charge in [0.05, 0.1) is 18.2 Å². The molecular weight excluding hydrogens is 182 g/mol. The van der Waals surface area contributed by atoms with Gasteiger partial charge in [-0.15, -0.1) is 0 Å². The third kappa shape index (κ3) is 2.05. The zero-order valence-corrected chi connectivity index (χ0v) is 8.91. The Hall–Kier alpha value is -1.06. The number of hydrogen-bond acceptors (Lipinski definition) is 4. The standard InChI is InChI=1S/C10H17NO3/c1-7-4-8(11-13)6-10(2,5-7)9(12)14-3/h7,13H,4-6H2,1-3H3/b11-8-. The van der Waals surface area contributed by atoms with Crippen molar-refractivity contribution < 1.29 is 14.7 Å². The number of methoxy groups -OCH3 is 1. The van der Waals surface area contributed by atoms with Gasteiger partial charge in [-0.25, -0.2) is 0 Å². The number of nitrogens with zero attached hydrogens (tertiary/aromatic N) is 1. The second-order valence-electron chi connectivity index (χ2n) is 4.41. The molecule has 4 nitrogen and oxygen atoms in total. The van der Waals surface area contributed by atoms with Gasteiger partial charge in [0.25, 0.3) is 0 Å².